The van der Waals surface area contributed by atoms with E-state index in [1.54, 1.807) is 0 Å². The highest BCUT2D eigenvalue weighted by Gasteiger charge is 2.14. The van der Waals surface area contributed by atoms with Crippen molar-refractivity contribution in [2.75, 3.05) is 13.2 Å². The average molecular weight is 360 g/mol. The van der Waals surface area contributed by atoms with Crippen LogP contribution in [0.5, 0.6) is 0 Å². The van der Waals surface area contributed by atoms with Crippen molar-refractivity contribution in [2.45, 2.75) is 76.7 Å². The predicted octanol–water partition coefficient (Wildman–Crippen LogP) is 3.51. The minimum atomic E-state index is 0.336. The van der Waals surface area contributed by atoms with Gasteiger partial charge < -0.3 is 20.5 Å². The molecule has 5 heteroatoms. The second-order valence-electron chi connectivity index (χ2n) is 7.47. The highest BCUT2D eigenvalue weighted by Crippen LogP contribution is 2.17. The zero-order valence-electron chi connectivity index (χ0n) is 15.8. The molecule has 0 aromatic heterocycles. The largest absolute Gasteiger partial charge is 0.381 e. The third kappa shape index (κ3) is 6.61. The van der Waals surface area contributed by atoms with Crippen molar-refractivity contribution < 1.29 is 9.47 Å². The van der Waals surface area contributed by atoms with Crippen LogP contribution < -0.4 is 11.1 Å². The molecule has 26 heavy (non-hydrogen) atoms. The third-order valence-electron chi connectivity index (χ3n) is 5.32. The van der Waals surface area contributed by atoms with Crippen LogP contribution in [-0.2, 0) is 22.6 Å². The van der Waals surface area contributed by atoms with Gasteiger partial charge in [0.1, 0.15) is 0 Å². The summed E-state index contributed by atoms with van der Waals surface area (Å²) in [4.78, 5) is 4.51. The molecule has 0 unspecified atom stereocenters. The Morgan fingerprint density at radius 1 is 1.00 bits per heavy atom. The van der Waals surface area contributed by atoms with Crippen LogP contribution in [0.25, 0.3) is 0 Å². The lowest BCUT2D eigenvalue weighted by Crippen LogP contribution is -2.39. The molecule has 2 aliphatic rings. The van der Waals surface area contributed by atoms with Gasteiger partial charge in [0, 0.05) is 19.3 Å². The molecule has 0 bridgehead atoms. The summed E-state index contributed by atoms with van der Waals surface area (Å²) in [5, 5.41) is 3.39. The van der Waals surface area contributed by atoms with Gasteiger partial charge in [0.2, 0.25) is 0 Å². The maximum atomic E-state index is 6.07. The van der Waals surface area contributed by atoms with Crippen molar-refractivity contribution in [2.24, 2.45) is 10.7 Å². The molecule has 1 saturated carbocycles. The number of guanidine groups is 1. The lowest BCUT2D eigenvalue weighted by molar-refractivity contribution is -0.0390. The molecular formula is C21H33N3O2. The molecule has 1 aromatic rings. The minimum Gasteiger partial charge on any atom is -0.381 e. The van der Waals surface area contributed by atoms with Crippen molar-refractivity contribution >= 4 is 5.96 Å². The van der Waals surface area contributed by atoms with Gasteiger partial charge in [-0.05, 0) is 36.8 Å². The first-order valence-corrected chi connectivity index (χ1v) is 10.1. The van der Waals surface area contributed by atoms with E-state index < -0.39 is 0 Å². The monoisotopic (exact) mass is 359 g/mol. The summed E-state index contributed by atoms with van der Waals surface area (Å²) in [5.41, 5.74) is 8.45. The Labute approximate surface area is 157 Å². The van der Waals surface area contributed by atoms with E-state index in [0.29, 0.717) is 31.3 Å². The first kappa shape index (κ1) is 19.2. The van der Waals surface area contributed by atoms with Crippen molar-refractivity contribution in [3.63, 3.8) is 0 Å². The smallest absolute Gasteiger partial charge is 0.189 e. The fraction of sp³-hybridized carbons (Fsp3) is 0.667. The summed E-state index contributed by atoms with van der Waals surface area (Å²) in [6.45, 7) is 2.92. The summed E-state index contributed by atoms with van der Waals surface area (Å²) in [7, 11) is 0. The zero-order chi connectivity index (χ0) is 18.0. The Balaban J connectivity index is 1.41. The number of aliphatic imine (C=N–C) groups is 1. The van der Waals surface area contributed by atoms with E-state index in [-0.39, 0.29) is 0 Å². The highest BCUT2D eigenvalue weighted by atomic mass is 16.5. The van der Waals surface area contributed by atoms with Crippen LogP contribution in [0, 0.1) is 0 Å². The van der Waals surface area contributed by atoms with E-state index in [1.807, 2.05) is 0 Å². The zero-order valence-corrected chi connectivity index (χ0v) is 15.8. The Hall–Kier alpha value is -1.59. The van der Waals surface area contributed by atoms with Gasteiger partial charge in [-0.3, -0.25) is 0 Å². The Morgan fingerprint density at radius 3 is 2.35 bits per heavy atom. The second-order valence-corrected chi connectivity index (χ2v) is 7.47. The predicted molar refractivity (Wildman–Crippen MR) is 105 cm³/mol. The molecule has 1 heterocycles. The number of ether oxygens (including phenoxy) is 2. The molecule has 5 nitrogen and oxygen atoms in total. The normalized spacial score (nSPS) is 20.7. The fourth-order valence-electron chi connectivity index (χ4n) is 3.65. The molecule has 3 rings (SSSR count). The first-order chi connectivity index (χ1) is 12.8. The van der Waals surface area contributed by atoms with Crippen molar-refractivity contribution in [3.05, 3.63) is 35.4 Å². The van der Waals surface area contributed by atoms with Gasteiger partial charge in [-0.1, -0.05) is 49.9 Å². The molecule has 0 spiro atoms. The van der Waals surface area contributed by atoms with Crippen LogP contribution in [0.15, 0.2) is 29.3 Å². The number of nitrogens with one attached hydrogen (secondary N) is 1. The Kier molecular flexibility index (Phi) is 7.77. The van der Waals surface area contributed by atoms with Crippen LogP contribution >= 0.6 is 0 Å². The fourth-order valence-corrected chi connectivity index (χ4v) is 3.65. The van der Waals surface area contributed by atoms with Gasteiger partial charge in [0.05, 0.1) is 19.3 Å². The summed E-state index contributed by atoms with van der Waals surface area (Å²) in [5.74, 6) is 0.573. The van der Waals surface area contributed by atoms with Crippen LogP contribution in [0.2, 0.25) is 0 Å². The molecule has 1 aromatic carbocycles. The number of hydrogen-bond donors (Lipinski definition) is 2. The molecule has 1 aliphatic heterocycles. The molecule has 144 valence electrons. The maximum Gasteiger partial charge on any atom is 0.189 e. The molecule has 3 N–H and O–H groups in total. The van der Waals surface area contributed by atoms with Gasteiger partial charge in [-0.25, -0.2) is 4.99 Å². The van der Waals surface area contributed by atoms with Crippen molar-refractivity contribution in [1.82, 2.24) is 5.32 Å². The van der Waals surface area contributed by atoms with E-state index >= 15 is 0 Å². The number of nitrogens with zero attached hydrogens (tertiary/aromatic N) is 1. The first-order valence-electron chi connectivity index (χ1n) is 10.1. The molecule has 2 fully saturated rings. The van der Waals surface area contributed by atoms with Crippen LogP contribution in [-0.4, -0.2) is 31.3 Å². The van der Waals surface area contributed by atoms with E-state index in [9.17, 15) is 0 Å². The van der Waals surface area contributed by atoms with E-state index in [4.69, 9.17) is 15.2 Å². The maximum absolute atomic E-state index is 6.07. The summed E-state index contributed by atoms with van der Waals surface area (Å²) < 4.78 is 11.3. The second kappa shape index (κ2) is 10.5. The van der Waals surface area contributed by atoms with Crippen LogP contribution in [0.4, 0.5) is 0 Å². The van der Waals surface area contributed by atoms with Crippen LogP contribution in [0.3, 0.4) is 0 Å². The number of hydrogen-bond acceptors (Lipinski definition) is 3. The number of rotatable bonds is 6. The van der Waals surface area contributed by atoms with Gasteiger partial charge in [0.15, 0.2) is 5.96 Å². The molecule has 1 aliphatic carbocycles. The standard InChI is InChI=1S/C21H33N3O2/c22-21(24-19-5-3-1-2-4-6-19)23-15-17-7-9-18(10-8-17)16-26-20-11-13-25-14-12-20/h7-10,19-20H,1-6,11-16H2,(H3,22,23,24). The summed E-state index contributed by atoms with van der Waals surface area (Å²) >= 11 is 0. The highest BCUT2D eigenvalue weighted by molar-refractivity contribution is 5.78. The molecule has 0 radical (unpaired) electrons. The lowest BCUT2D eigenvalue weighted by Gasteiger charge is -2.22. The van der Waals surface area contributed by atoms with E-state index in [1.165, 1.54) is 49.7 Å². The SMILES string of the molecule is NC(=NCc1ccc(COC2CCOCC2)cc1)NC1CCCCCC1. The van der Waals surface area contributed by atoms with Gasteiger partial charge in [-0.2, -0.15) is 0 Å². The third-order valence-corrected chi connectivity index (χ3v) is 5.32. The molecular weight excluding hydrogens is 326 g/mol. The number of benzene rings is 1. The van der Waals surface area contributed by atoms with Gasteiger partial charge >= 0.3 is 0 Å². The lowest BCUT2D eigenvalue weighted by atomic mass is 10.1. The quantitative estimate of drug-likeness (QED) is 0.463. The number of nitrogens with two attached hydrogens (primary N) is 1. The minimum absolute atomic E-state index is 0.336. The Bertz CT molecular complexity index is 545. The van der Waals surface area contributed by atoms with E-state index in [2.05, 4.69) is 34.6 Å². The molecule has 0 atom stereocenters. The molecule has 0 amide bonds. The summed E-state index contributed by atoms with van der Waals surface area (Å²) in [6, 6.07) is 8.97. The van der Waals surface area contributed by atoms with Gasteiger partial charge in [-0.15, -0.1) is 0 Å². The molecule has 1 saturated heterocycles. The van der Waals surface area contributed by atoms with Crippen LogP contribution in [0.1, 0.15) is 62.5 Å². The Morgan fingerprint density at radius 2 is 1.65 bits per heavy atom. The summed E-state index contributed by atoms with van der Waals surface area (Å²) in [6.07, 6.45) is 10.0. The van der Waals surface area contributed by atoms with Crippen molar-refractivity contribution in [3.8, 4) is 0 Å². The topological polar surface area (TPSA) is 68.9 Å². The van der Waals surface area contributed by atoms with Crippen molar-refractivity contribution in [1.29, 1.82) is 0 Å². The average Bonchev–Trinajstić information content (AvgIpc) is 2.95. The van der Waals surface area contributed by atoms with E-state index in [0.717, 1.165) is 26.1 Å². The van der Waals surface area contributed by atoms with Gasteiger partial charge in [0.25, 0.3) is 0 Å².